The zero-order chi connectivity index (χ0) is 15.6. The number of esters is 1. The monoisotopic (exact) mass is 302 g/mol. The minimum absolute atomic E-state index is 0.0800. The molecule has 1 heterocycles. The highest BCUT2D eigenvalue weighted by Crippen LogP contribution is 2.18. The van der Waals surface area contributed by atoms with Crippen molar-refractivity contribution in [2.24, 2.45) is 0 Å². The van der Waals surface area contributed by atoms with Gasteiger partial charge in [-0.15, -0.1) is 0 Å². The summed E-state index contributed by atoms with van der Waals surface area (Å²) in [6, 6.07) is 5.27. The topological polar surface area (TPSA) is 44.1 Å². The summed E-state index contributed by atoms with van der Waals surface area (Å²) in [5.74, 6) is -1.55. The molecule has 0 fully saturated rings. The van der Waals surface area contributed by atoms with E-state index in [0.717, 1.165) is 6.20 Å². The molecule has 8 heteroatoms. The van der Waals surface area contributed by atoms with Crippen LogP contribution in [0.3, 0.4) is 0 Å². The van der Waals surface area contributed by atoms with E-state index < -0.39 is 24.6 Å². The minimum Gasteiger partial charge on any atom is -0.452 e. The first-order valence-electron chi connectivity index (χ1n) is 5.82. The van der Waals surface area contributed by atoms with Gasteiger partial charge >= 0.3 is 12.1 Å². The Labute approximate surface area is 116 Å². The van der Waals surface area contributed by atoms with Crippen LogP contribution in [-0.4, -0.2) is 28.5 Å². The molecule has 21 heavy (non-hydrogen) atoms. The summed E-state index contributed by atoms with van der Waals surface area (Å²) in [4.78, 5) is 11.6. The number of hydrogen-bond acceptors (Lipinski definition) is 3. The Morgan fingerprint density at radius 2 is 1.90 bits per heavy atom. The van der Waals surface area contributed by atoms with Gasteiger partial charge in [0.05, 0.1) is 17.6 Å². The zero-order valence-corrected chi connectivity index (χ0v) is 10.8. The number of carbonyl (C=O) groups is 1. The van der Waals surface area contributed by atoms with E-state index in [1.165, 1.54) is 35.9 Å². The van der Waals surface area contributed by atoms with Crippen LogP contribution in [0.5, 0.6) is 0 Å². The van der Waals surface area contributed by atoms with E-state index in [1.807, 2.05) is 0 Å². The first-order valence-corrected chi connectivity index (χ1v) is 5.82. The van der Waals surface area contributed by atoms with E-state index in [0.29, 0.717) is 11.4 Å². The van der Waals surface area contributed by atoms with Crippen molar-refractivity contribution < 1.29 is 27.1 Å². The third kappa shape index (κ3) is 3.59. The summed E-state index contributed by atoms with van der Waals surface area (Å²) in [5, 5.41) is 3.89. The highest BCUT2D eigenvalue weighted by atomic mass is 19.4. The lowest BCUT2D eigenvalue weighted by Gasteiger charge is -2.08. The Morgan fingerprint density at radius 3 is 2.48 bits per heavy atom. The molecule has 0 bridgehead atoms. The van der Waals surface area contributed by atoms with Gasteiger partial charge in [-0.2, -0.15) is 18.3 Å². The largest absolute Gasteiger partial charge is 0.452 e. The molecule has 0 radical (unpaired) electrons. The van der Waals surface area contributed by atoms with Gasteiger partial charge in [-0.05, 0) is 31.2 Å². The van der Waals surface area contributed by atoms with Gasteiger partial charge in [-0.25, -0.2) is 13.9 Å². The Kier molecular flexibility index (Phi) is 3.97. The first kappa shape index (κ1) is 15.0. The summed E-state index contributed by atoms with van der Waals surface area (Å²) in [6.07, 6.45) is -3.48. The first-order chi connectivity index (χ1) is 9.78. The van der Waals surface area contributed by atoms with Crippen LogP contribution >= 0.6 is 0 Å². The van der Waals surface area contributed by atoms with E-state index >= 15 is 0 Å². The zero-order valence-electron chi connectivity index (χ0n) is 10.8. The molecule has 112 valence electrons. The lowest BCUT2D eigenvalue weighted by molar-refractivity contribution is -0.161. The highest BCUT2D eigenvalue weighted by Gasteiger charge is 2.30. The van der Waals surface area contributed by atoms with Gasteiger partial charge in [-0.1, -0.05) is 0 Å². The fourth-order valence-corrected chi connectivity index (χ4v) is 1.68. The summed E-state index contributed by atoms with van der Waals surface area (Å²) in [7, 11) is 0. The number of ether oxygens (including phenoxy) is 1. The molecule has 0 N–H and O–H groups in total. The number of rotatable bonds is 3. The maximum absolute atomic E-state index is 12.8. The summed E-state index contributed by atoms with van der Waals surface area (Å²) in [6.45, 7) is -0.159. The number of hydrogen-bond donors (Lipinski definition) is 0. The highest BCUT2D eigenvalue weighted by molar-refractivity contribution is 5.90. The number of halogens is 4. The van der Waals surface area contributed by atoms with Crippen LogP contribution in [-0.2, 0) is 4.74 Å². The Hall–Kier alpha value is -2.38. The van der Waals surface area contributed by atoms with Crippen LogP contribution in [0.4, 0.5) is 17.6 Å². The third-order valence-electron chi connectivity index (χ3n) is 2.67. The number of alkyl halides is 3. The molecule has 0 amide bonds. The molecule has 0 aliphatic heterocycles. The molecule has 4 nitrogen and oxygen atoms in total. The lowest BCUT2D eigenvalue weighted by Crippen LogP contribution is -2.20. The van der Waals surface area contributed by atoms with Gasteiger partial charge in [0, 0.05) is 0 Å². The SMILES string of the molecule is Cc1c(C(=O)OCC(F)(F)F)cnn1-c1ccc(F)cc1. The second-order valence-electron chi connectivity index (χ2n) is 4.22. The Morgan fingerprint density at radius 1 is 1.29 bits per heavy atom. The van der Waals surface area contributed by atoms with Crippen LogP contribution < -0.4 is 0 Å². The van der Waals surface area contributed by atoms with Crippen LogP contribution in [0.15, 0.2) is 30.5 Å². The lowest BCUT2D eigenvalue weighted by atomic mass is 10.2. The Balaban J connectivity index is 2.20. The molecular formula is C13H10F4N2O2. The molecule has 0 atom stereocenters. The smallest absolute Gasteiger partial charge is 0.422 e. The van der Waals surface area contributed by atoms with Crippen LogP contribution in [0.25, 0.3) is 5.69 Å². The second-order valence-corrected chi connectivity index (χ2v) is 4.22. The van der Waals surface area contributed by atoms with Gasteiger partial charge in [0.25, 0.3) is 0 Å². The molecule has 2 rings (SSSR count). The summed E-state index contributed by atoms with van der Waals surface area (Å²) < 4.78 is 54.3. The predicted molar refractivity (Wildman–Crippen MR) is 64.6 cm³/mol. The number of carbonyl (C=O) groups excluding carboxylic acids is 1. The van der Waals surface area contributed by atoms with Crippen molar-refractivity contribution in [3.63, 3.8) is 0 Å². The normalized spacial score (nSPS) is 11.5. The van der Waals surface area contributed by atoms with E-state index in [9.17, 15) is 22.4 Å². The molecule has 0 unspecified atom stereocenters. The molecule has 0 saturated heterocycles. The third-order valence-corrected chi connectivity index (χ3v) is 2.67. The van der Waals surface area contributed by atoms with Crippen molar-refractivity contribution >= 4 is 5.97 Å². The molecule has 0 aliphatic carbocycles. The number of nitrogens with zero attached hydrogens (tertiary/aromatic N) is 2. The van der Waals surface area contributed by atoms with Gasteiger partial charge < -0.3 is 4.74 Å². The minimum atomic E-state index is -4.59. The average molecular weight is 302 g/mol. The van der Waals surface area contributed by atoms with Gasteiger partial charge in [0.15, 0.2) is 6.61 Å². The standard InChI is InChI=1S/C13H10F4N2O2/c1-8-11(12(20)21-7-13(15,16)17)6-18-19(8)10-4-2-9(14)3-5-10/h2-6H,7H2,1H3. The second kappa shape index (κ2) is 5.55. The van der Waals surface area contributed by atoms with Gasteiger partial charge in [0.2, 0.25) is 0 Å². The summed E-state index contributed by atoms with van der Waals surface area (Å²) in [5.41, 5.74) is 0.695. The van der Waals surface area contributed by atoms with Crippen molar-refractivity contribution in [3.05, 3.63) is 47.5 Å². The summed E-state index contributed by atoms with van der Waals surface area (Å²) >= 11 is 0. The van der Waals surface area contributed by atoms with Crippen LogP contribution in [0.2, 0.25) is 0 Å². The van der Waals surface area contributed by atoms with Crippen molar-refractivity contribution in [2.75, 3.05) is 6.61 Å². The molecule has 1 aromatic carbocycles. The van der Waals surface area contributed by atoms with Gasteiger partial charge in [0.1, 0.15) is 11.4 Å². The average Bonchev–Trinajstić information content (AvgIpc) is 2.78. The van der Waals surface area contributed by atoms with E-state index in [2.05, 4.69) is 9.84 Å². The van der Waals surface area contributed by atoms with Crippen molar-refractivity contribution in [3.8, 4) is 5.69 Å². The maximum Gasteiger partial charge on any atom is 0.422 e. The molecule has 0 aliphatic rings. The van der Waals surface area contributed by atoms with Crippen LogP contribution in [0.1, 0.15) is 16.1 Å². The van der Waals surface area contributed by atoms with Crippen LogP contribution in [0, 0.1) is 12.7 Å². The van der Waals surface area contributed by atoms with Crippen molar-refractivity contribution in [1.82, 2.24) is 9.78 Å². The number of aromatic nitrogens is 2. The molecule has 1 aromatic heterocycles. The van der Waals surface area contributed by atoms with Crippen molar-refractivity contribution in [2.45, 2.75) is 13.1 Å². The maximum atomic E-state index is 12.8. The van der Waals surface area contributed by atoms with Crippen molar-refractivity contribution in [1.29, 1.82) is 0 Å². The van der Waals surface area contributed by atoms with E-state index in [-0.39, 0.29) is 5.56 Å². The Bertz CT molecular complexity index is 647. The fraction of sp³-hybridized carbons (Fsp3) is 0.231. The number of benzene rings is 1. The van der Waals surface area contributed by atoms with Gasteiger partial charge in [-0.3, -0.25) is 0 Å². The molecule has 0 spiro atoms. The molecule has 0 saturated carbocycles. The van der Waals surface area contributed by atoms with E-state index in [1.54, 1.807) is 0 Å². The quantitative estimate of drug-likeness (QED) is 0.646. The van der Waals surface area contributed by atoms with E-state index in [4.69, 9.17) is 0 Å². The fourth-order valence-electron chi connectivity index (χ4n) is 1.68. The molecular weight excluding hydrogens is 292 g/mol. The molecule has 2 aromatic rings. The predicted octanol–water partition coefficient (Wildman–Crippen LogP) is 3.04.